The zero-order valence-corrected chi connectivity index (χ0v) is 24.7. The SMILES string of the molecule is CCCCOc1ccc(C(=O)Oc2ccc(C=NNC(=O)C(=O)Nc3ccccc3C(=O)Nc3ccccc3)cc2OC)cc1. The average Bonchev–Trinajstić information content (AvgIpc) is 3.06. The lowest BCUT2D eigenvalue weighted by atomic mass is 10.1. The van der Waals surface area contributed by atoms with Gasteiger partial charge in [-0.3, -0.25) is 14.4 Å². The highest BCUT2D eigenvalue weighted by atomic mass is 16.6. The van der Waals surface area contributed by atoms with E-state index in [9.17, 15) is 19.2 Å². The molecule has 11 nitrogen and oxygen atoms in total. The van der Waals surface area contributed by atoms with Crippen LogP contribution in [0.2, 0.25) is 0 Å². The van der Waals surface area contributed by atoms with Gasteiger partial charge >= 0.3 is 17.8 Å². The molecule has 0 unspecified atom stereocenters. The Morgan fingerprint density at radius 1 is 0.800 bits per heavy atom. The second kappa shape index (κ2) is 16.0. The molecule has 4 aromatic carbocycles. The summed E-state index contributed by atoms with van der Waals surface area (Å²) < 4.78 is 16.5. The van der Waals surface area contributed by atoms with Crippen molar-refractivity contribution in [2.24, 2.45) is 5.10 Å². The second-order valence-corrected chi connectivity index (χ2v) is 9.55. The molecule has 0 aromatic heterocycles. The molecular formula is C34H32N4O7. The second-order valence-electron chi connectivity index (χ2n) is 9.55. The number of anilines is 2. The molecule has 0 radical (unpaired) electrons. The number of benzene rings is 4. The van der Waals surface area contributed by atoms with Crippen LogP contribution in [0.15, 0.2) is 102 Å². The van der Waals surface area contributed by atoms with Crippen molar-refractivity contribution in [3.05, 3.63) is 114 Å². The molecule has 0 spiro atoms. The van der Waals surface area contributed by atoms with Crippen LogP contribution in [0.25, 0.3) is 0 Å². The molecule has 4 aromatic rings. The van der Waals surface area contributed by atoms with Crippen molar-refractivity contribution in [1.29, 1.82) is 0 Å². The minimum atomic E-state index is -1.05. The van der Waals surface area contributed by atoms with E-state index in [0.29, 0.717) is 29.2 Å². The topological polar surface area (TPSA) is 144 Å². The van der Waals surface area contributed by atoms with E-state index in [2.05, 4.69) is 28.1 Å². The first kappa shape index (κ1) is 32.0. The minimum absolute atomic E-state index is 0.154. The summed E-state index contributed by atoms with van der Waals surface area (Å²) >= 11 is 0. The Morgan fingerprint density at radius 2 is 1.53 bits per heavy atom. The van der Waals surface area contributed by atoms with Crippen molar-refractivity contribution < 1.29 is 33.4 Å². The summed E-state index contributed by atoms with van der Waals surface area (Å²) in [7, 11) is 1.42. The molecule has 0 heterocycles. The first-order valence-corrected chi connectivity index (χ1v) is 14.1. The molecule has 0 saturated heterocycles. The molecule has 0 fully saturated rings. The van der Waals surface area contributed by atoms with Gasteiger partial charge in [-0.15, -0.1) is 0 Å². The van der Waals surface area contributed by atoms with Gasteiger partial charge in [-0.05, 0) is 78.7 Å². The van der Waals surface area contributed by atoms with Gasteiger partial charge in [0.25, 0.3) is 5.91 Å². The number of nitrogens with zero attached hydrogens (tertiary/aromatic N) is 1. The van der Waals surface area contributed by atoms with Crippen LogP contribution in [0.3, 0.4) is 0 Å². The Balaban J connectivity index is 1.32. The Morgan fingerprint density at radius 3 is 2.27 bits per heavy atom. The van der Waals surface area contributed by atoms with Gasteiger partial charge in [-0.1, -0.05) is 43.7 Å². The number of amides is 3. The predicted octanol–water partition coefficient (Wildman–Crippen LogP) is 5.43. The van der Waals surface area contributed by atoms with Crippen molar-refractivity contribution in [2.45, 2.75) is 19.8 Å². The Labute approximate surface area is 260 Å². The number of carbonyl (C=O) groups excluding carboxylic acids is 4. The minimum Gasteiger partial charge on any atom is -0.494 e. The number of carbonyl (C=O) groups is 4. The number of methoxy groups -OCH3 is 1. The Bertz CT molecular complexity index is 1670. The fourth-order valence-corrected chi connectivity index (χ4v) is 3.93. The van der Waals surface area contributed by atoms with Crippen LogP contribution >= 0.6 is 0 Å². The summed E-state index contributed by atoms with van der Waals surface area (Å²) in [4.78, 5) is 50.3. The summed E-state index contributed by atoms with van der Waals surface area (Å²) in [5.41, 5.74) is 3.88. The van der Waals surface area contributed by atoms with Crippen LogP contribution in [0.4, 0.5) is 11.4 Å². The number of nitrogens with one attached hydrogen (secondary N) is 3. The van der Waals surface area contributed by atoms with Gasteiger partial charge in [0.15, 0.2) is 11.5 Å². The number of hydrazone groups is 1. The largest absolute Gasteiger partial charge is 0.494 e. The molecule has 0 saturated carbocycles. The predicted molar refractivity (Wildman–Crippen MR) is 170 cm³/mol. The summed E-state index contributed by atoms with van der Waals surface area (Å²) in [5, 5.41) is 9.00. The molecule has 0 aliphatic carbocycles. The average molecular weight is 609 g/mol. The monoisotopic (exact) mass is 608 g/mol. The molecule has 3 N–H and O–H groups in total. The van der Waals surface area contributed by atoms with Crippen LogP contribution in [-0.2, 0) is 9.59 Å². The maximum Gasteiger partial charge on any atom is 0.343 e. The highest BCUT2D eigenvalue weighted by Gasteiger charge is 2.18. The summed E-state index contributed by atoms with van der Waals surface area (Å²) in [6.45, 7) is 2.68. The molecule has 3 amide bonds. The standard InChI is InChI=1S/C34H32N4O7/c1-3-4-20-44-26-17-15-24(16-18-26)34(42)45-29-19-14-23(21-30(29)43-2)22-35-38-33(41)32(40)37-28-13-9-8-12-27(28)31(39)36-25-10-6-5-7-11-25/h5-19,21-22H,3-4,20H2,1-2H3,(H,36,39)(H,37,40)(H,38,41). The van der Waals surface area contributed by atoms with E-state index in [1.165, 1.54) is 31.5 Å². The van der Waals surface area contributed by atoms with Crippen molar-refractivity contribution in [1.82, 2.24) is 5.43 Å². The number of hydrogen-bond donors (Lipinski definition) is 3. The van der Waals surface area contributed by atoms with E-state index >= 15 is 0 Å². The van der Waals surface area contributed by atoms with Gasteiger partial charge in [0.1, 0.15) is 5.75 Å². The smallest absolute Gasteiger partial charge is 0.343 e. The third kappa shape index (κ3) is 9.26. The fourth-order valence-electron chi connectivity index (χ4n) is 3.93. The number of rotatable bonds is 12. The van der Waals surface area contributed by atoms with Crippen molar-refractivity contribution in [2.75, 3.05) is 24.4 Å². The van der Waals surface area contributed by atoms with Gasteiger partial charge < -0.3 is 24.8 Å². The molecule has 0 aliphatic rings. The molecule has 0 aliphatic heterocycles. The fraction of sp³-hybridized carbons (Fsp3) is 0.147. The van der Waals surface area contributed by atoms with Crippen molar-refractivity contribution in [3.8, 4) is 17.2 Å². The number of para-hydroxylation sites is 2. The first-order chi connectivity index (χ1) is 21.9. The number of unbranched alkanes of at least 4 members (excludes halogenated alkanes) is 1. The van der Waals surface area contributed by atoms with E-state index in [0.717, 1.165) is 12.8 Å². The van der Waals surface area contributed by atoms with Gasteiger partial charge in [0.05, 0.1) is 36.7 Å². The summed E-state index contributed by atoms with van der Waals surface area (Å²) in [5.74, 6) is -2.00. The van der Waals surface area contributed by atoms with Gasteiger partial charge in [0.2, 0.25) is 0 Å². The quantitative estimate of drug-likeness (QED) is 0.0486. The summed E-state index contributed by atoms with van der Waals surface area (Å²) in [6.07, 6.45) is 3.26. The third-order valence-corrected chi connectivity index (χ3v) is 6.28. The van der Waals surface area contributed by atoms with Crippen molar-refractivity contribution >= 4 is 41.3 Å². The maximum absolute atomic E-state index is 12.7. The van der Waals surface area contributed by atoms with Crippen LogP contribution < -0.4 is 30.3 Å². The van der Waals surface area contributed by atoms with E-state index < -0.39 is 23.7 Å². The number of hydrogen-bond acceptors (Lipinski definition) is 8. The number of esters is 1. The highest BCUT2D eigenvalue weighted by Crippen LogP contribution is 2.28. The lowest BCUT2D eigenvalue weighted by Gasteiger charge is -2.11. The normalized spacial score (nSPS) is 10.5. The molecule has 45 heavy (non-hydrogen) atoms. The Kier molecular flexibility index (Phi) is 11.4. The van der Waals surface area contributed by atoms with E-state index in [1.54, 1.807) is 72.8 Å². The molecule has 0 bridgehead atoms. The first-order valence-electron chi connectivity index (χ1n) is 14.1. The zero-order valence-electron chi connectivity index (χ0n) is 24.7. The van der Waals surface area contributed by atoms with Crippen molar-refractivity contribution in [3.63, 3.8) is 0 Å². The zero-order chi connectivity index (χ0) is 32.0. The maximum atomic E-state index is 12.7. The highest BCUT2D eigenvalue weighted by molar-refractivity contribution is 6.40. The molecule has 0 atom stereocenters. The van der Waals surface area contributed by atoms with Crippen LogP contribution in [0.5, 0.6) is 17.2 Å². The van der Waals surface area contributed by atoms with E-state index in [1.807, 2.05) is 6.07 Å². The van der Waals surface area contributed by atoms with Gasteiger partial charge in [0, 0.05) is 5.69 Å². The van der Waals surface area contributed by atoms with E-state index in [-0.39, 0.29) is 22.7 Å². The lowest BCUT2D eigenvalue weighted by Crippen LogP contribution is -2.33. The molecular weight excluding hydrogens is 576 g/mol. The van der Waals surface area contributed by atoms with Gasteiger partial charge in [-0.2, -0.15) is 5.10 Å². The number of ether oxygens (including phenoxy) is 3. The van der Waals surface area contributed by atoms with E-state index in [4.69, 9.17) is 14.2 Å². The Hall–Kier alpha value is -5.97. The molecule has 4 rings (SSSR count). The van der Waals surface area contributed by atoms with Crippen LogP contribution in [0.1, 0.15) is 46.0 Å². The third-order valence-electron chi connectivity index (χ3n) is 6.28. The van der Waals surface area contributed by atoms with Crippen LogP contribution in [-0.4, -0.2) is 43.6 Å². The van der Waals surface area contributed by atoms with Gasteiger partial charge in [-0.25, -0.2) is 10.2 Å². The van der Waals surface area contributed by atoms with Crippen LogP contribution in [0, 0.1) is 0 Å². The lowest BCUT2D eigenvalue weighted by molar-refractivity contribution is -0.136. The molecule has 11 heteroatoms. The molecule has 230 valence electrons. The summed E-state index contributed by atoms with van der Waals surface area (Å²) in [6, 6.07) is 26.4.